The lowest BCUT2D eigenvalue weighted by Gasteiger charge is -2.31. The molecule has 102 valence electrons. The predicted octanol–water partition coefficient (Wildman–Crippen LogP) is 2.56. The first kappa shape index (κ1) is 12.5. The SMILES string of the molecule is CC1(C)CCCN1CCc1nc2ccc(N)cc2[nH]1. The van der Waals surface area contributed by atoms with E-state index in [0.717, 1.165) is 35.5 Å². The second-order valence-electron chi connectivity index (χ2n) is 6.11. The first-order valence-electron chi connectivity index (χ1n) is 7.04. The first-order valence-corrected chi connectivity index (χ1v) is 7.04. The van der Waals surface area contributed by atoms with Gasteiger partial charge < -0.3 is 10.7 Å². The Morgan fingerprint density at radius 2 is 2.26 bits per heavy atom. The number of nitrogens with one attached hydrogen (secondary N) is 1. The fraction of sp³-hybridized carbons (Fsp3) is 0.533. The molecule has 1 saturated heterocycles. The van der Waals surface area contributed by atoms with Gasteiger partial charge in [-0.3, -0.25) is 4.90 Å². The van der Waals surface area contributed by atoms with Crippen LogP contribution in [0.25, 0.3) is 11.0 Å². The summed E-state index contributed by atoms with van der Waals surface area (Å²) in [4.78, 5) is 10.6. The Morgan fingerprint density at radius 1 is 1.42 bits per heavy atom. The molecule has 1 aromatic heterocycles. The molecule has 0 radical (unpaired) electrons. The van der Waals surface area contributed by atoms with Crippen molar-refractivity contribution in [3.8, 4) is 0 Å². The molecule has 3 rings (SSSR count). The van der Waals surface area contributed by atoms with Crippen molar-refractivity contribution in [2.75, 3.05) is 18.8 Å². The highest BCUT2D eigenvalue weighted by molar-refractivity contribution is 5.78. The predicted molar refractivity (Wildman–Crippen MR) is 79.1 cm³/mol. The quantitative estimate of drug-likeness (QED) is 0.832. The fourth-order valence-corrected chi connectivity index (χ4v) is 3.02. The van der Waals surface area contributed by atoms with E-state index in [9.17, 15) is 0 Å². The van der Waals surface area contributed by atoms with E-state index < -0.39 is 0 Å². The number of imidazole rings is 1. The van der Waals surface area contributed by atoms with Crippen molar-refractivity contribution in [1.29, 1.82) is 0 Å². The summed E-state index contributed by atoms with van der Waals surface area (Å²) in [6.45, 7) is 6.95. The minimum absolute atomic E-state index is 0.344. The van der Waals surface area contributed by atoms with E-state index in [1.807, 2.05) is 18.2 Å². The summed E-state index contributed by atoms with van der Waals surface area (Å²) in [6.07, 6.45) is 3.57. The highest BCUT2D eigenvalue weighted by Crippen LogP contribution is 2.28. The third kappa shape index (κ3) is 2.45. The normalized spacial score (nSPS) is 19.3. The van der Waals surface area contributed by atoms with E-state index in [1.165, 1.54) is 19.4 Å². The monoisotopic (exact) mass is 258 g/mol. The van der Waals surface area contributed by atoms with Crippen LogP contribution in [0.1, 0.15) is 32.5 Å². The maximum absolute atomic E-state index is 5.79. The van der Waals surface area contributed by atoms with Crippen LogP contribution in [-0.2, 0) is 6.42 Å². The number of benzene rings is 1. The molecule has 0 bridgehead atoms. The Hall–Kier alpha value is -1.55. The highest BCUT2D eigenvalue weighted by Gasteiger charge is 2.31. The standard InChI is InChI=1S/C15H22N4/c1-15(2)7-3-8-19(15)9-6-14-17-12-5-4-11(16)10-13(12)18-14/h4-5,10H,3,6-9,16H2,1-2H3,(H,17,18). The van der Waals surface area contributed by atoms with Gasteiger partial charge in [-0.15, -0.1) is 0 Å². The van der Waals surface area contributed by atoms with Crippen LogP contribution in [0.2, 0.25) is 0 Å². The number of nitrogen functional groups attached to an aromatic ring is 1. The van der Waals surface area contributed by atoms with Gasteiger partial charge in [0.1, 0.15) is 5.82 Å². The van der Waals surface area contributed by atoms with Crippen LogP contribution < -0.4 is 5.73 Å². The topological polar surface area (TPSA) is 57.9 Å². The lowest BCUT2D eigenvalue weighted by molar-refractivity contribution is 0.176. The number of nitrogens with zero attached hydrogens (tertiary/aromatic N) is 2. The van der Waals surface area contributed by atoms with Crippen LogP contribution in [-0.4, -0.2) is 33.5 Å². The van der Waals surface area contributed by atoms with Crippen molar-refractivity contribution in [3.05, 3.63) is 24.0 Å². The summed E-state index contributed by atoms with van der Waals surface area (Å²) in [5, 5.41) is 0. The fourth-order valence-electron chi connectivity index (χ4n) is 3.02. The largest absolute Gasteiger partial charge is 0.399 e. The Balaban J connectivity index is 1.72. The molecule has 4 nitrogen and oxygen atoms in total. The zero-order valence-corrected chi connectivity index (χ0v) is 11.7. The Labute approximate surface area is 114 Å². The lowest BCUT2D eigenvalue weighted by Crippen LogP contribution is -2.39. The summed E-state index contributed by atoms with van der Waals surface area (Å²) < 4.78 is 0. The Kier molecular flexibility index (Phi) is 2.97. The van der Waals surface area contributed by atoms with Crippen molar-refractivity contribution < 1.29 is 0 Å². The molecule has 1 fully saturated rings. The molecule has 1 aliphatic rings. The van der Waals surface area contributed by atoms with E-state index in [0.29, 0.717) is 5.54 Å². The van der Waals surface area contributed by atoms with Gasteiger partial charge in [-0.05, 0) is 51.4 Å². The highest BCUT2D eigenvalue weighted by atomic mass is 15.2. The number of anilines is 1. The Morgan fingerprint density at radius 3 is 3.00 bits per heavy atom. The third-order valence-electron chi connectivity index (χ3n) is 4.25. The van der Waals surface area contributed by atoms with E-state index in [-0.39, 0.29) is 0 Å². The van der Waals surface area contributed by atoms with E-state index in [4.69, 9.17) is 5.73 Å². The van der Waals surface area contributed by atoms with Gasteiger partial charge in [-0.25, -0.2) is 4.98 Å². The number of hydrogen-bond donors (Lipinski definition) is 2. The molecular formula is C15H22N4. The molecule has 3 N–H and O–H groups in total. The molecule has 2 aromatic rings. The van der Waals surface area contributed by atoms with E-state index >= 15 is 0 Å². The molecule has 0 atom stereocenters. The minimum Gasteiger partial charge on any atom is -0.399 e. The number of H-pyrrole nitrogens is 1. The summed E-state index contributed by atoms with van der Waals surface area (Å²) in [7, 11) is 0. The van der Waals surface area contributed by atoms with Gasteiger partial charge >= 0.3 is 0 Å². The molecule has 19 heavy (non-hydrogen) atoms. The molecule has 1 aliphatic heterocycles. The lowest BCUT2D eigenvalue weighted by atomic mass is 10.0. The molecule has 2 heterocycles. The molecule has 0 spiro atoms. The number of hydrogen-bond acceptors (Lipinski definition) is 3. The maximum Gasteiger partial charge on any atom is 0.108 e. The molecule has 0 aliphatic carbocycles. The van der Waals surface area contributed by atoms with Crippen LogP contribution in [0.15, 0.2) is 18.2 Å². The molecule has 0 unspecified atom stereocenters. The molecule has 1 aromatic carbocycles. The number of rotatable bonds is 3. The average Bonchev–Trinajstić information content (AvgIpc) is 2.88. The van der Waals surface area contributed by atoms with E-state index in [1.54, 1.807) is 0 Å². The van der Waals surface area contributed by atoms with Crippen molar-refractivity contribution in [2.45, 2.75) is 38.6 Å². The second-order valence-corrected chi connectivity index (χ2v) is 6.11. The maximum atomic E-state index is 5.79. The number of likely N-dealkylation sites (tertiary alicyclic amines) is 1. The van der Waals surface area contributed by atoms with Gasteiger partial charge in [0, 0.05) is 24.2 Å². The molecule has 0 amide bonds. The summed E-state index contributed by atoms with van der Waals surface area (Å²) >= 11 is 0. The van der Waals surface area contributed by atoms with Gasteiger partial charge in [-0.2, -0.15) is 0 Å². The van der Waals surface area contributed by atoms with Gasteiger partial charge in [0.25, 0.3) is 0 Å². The summed E-state index contributed by atoms with van der Waals surface area (Å²) in [5.74, 6) is 1.06. The van der Waals surface area contributed by atoms with Crippen molar-refractivity contribution in [3.63, 3.8) is 0 Å². The van der Waals surface area contributed by atoms with Gasteiger partial charge in [0.15, 0.2) is 0 Å². The number of aromatic amines is 1. The Bertz CT molecular complexity index is 585. The molecular weight excluding hydrogens is 236 g/mol. The summed E-state index contributed by atoms with van der Waals surface area (Å²) in [6, 6.07) is 5.83. The van der Waals surface area contributed by atoms with Crippen molar-refractivity contribution in [1.82, 2.24) is 14.9 Å². The smallest absolute Gasteiger partial charge is 0.108 e. The zero-order chi connectivity index (χ0) is 13.5. The van der Waals surface area contributed by atoms with Crippen LogP contribution in [0.3, 0.4) is 0 Å². The summed E-state index contributed by atoms with van der Waals surface area (Å²) in [5.41, 5.74) is 8.95. The van der Waals surface area contributed by atoms with Crippen LogP contribution in [0, 0.1) is 0 Å². The minimum atomic E-state index is 0.344. The number of fused-ring (bicyclic) bond motifs is 1. The zero-order valence-electron chi connectivity index (χ0n) is 11.7. The van der Waals surface area contributed by atoms with Crippen LogP contribution >= 0.6 is 0 Å². The van der Waals surface area contributed by atoms with Gasteiger partial charge in [-0.1, -0.05) is 0 Å². The van der Waals surface area contributed by atoms with Crippen LogP contribution in [0.4, 0.5) is 5.69 Å². The van der Waals surface area contributed by atoms with E-state index in [2.05, 4.69) is 28.7 Å². The van der Waals surface area contributed by atoms with Crippen LogP contribution in [0.5, 0.6) is 0 Å². The second kappa shape index (κ2) is 4.53. The number of aromatic nitrogens is 2. The first-order chi connectivity index (χ1) is 9.04. The molecule has 0 saturated carbocycles. The number of nitrogens with two attached hydrogens (primary N) is 1. The van der Waals surface area contributed by atoms with Gasteiger partial charge in [0.05, 0.1) is 11.0 Å². The molecule has 4 heteroatoms. The van der Waals surface area contributed by atoms with Crippen molar-refractivity contribution in [2.24, 2.45) is 0 Å². The average molecular weight is 258 g/mol. The van der Waals surface area contributed by atoms with Crippen molar-refractivity contribution >= 4 is 16.7 Å². The van der Waals surface area contributed by atoms with Gasteiger partial charge in [0.2, 0.25) is 0 Å². The third-order valence-corrected chi connectivity index (χ3v) is 4.25.